The first-order valence-electron chi connectivity index (χ1n) is 13.1. The summed E-state index contributed by atoms with van der Waals surface area (Å²) in [6.45, 7) is 3.71. The van der Waals surface area contributed by atoms with Crippen LogP contribution in [0.25, 0.3) is 5.57 Å². The number of rotatable bonds is 6. The number of methoxy groups -OCH3 is 5. The summed E-state index contributed by atoms with van der Waals surface area (Å²) in [5, 5.41) is 0. The van der Waals surface area contributed by atoms with Crippen molar-refractivity contribution in [1.29, 1.82) is 0 Å². The summed E-state index contributed by atoms with van der Waals surface area (Å²) in [4.78, 5) is 69.1. The predicted molar refractivity (Wildman–Crippen MR) is 162 cm³/mol. The van der Waals surface area contributed by atoms with Crippen LogP contribution in [0.5, 0.6) is 5.75 Å². The first kappa shape index (κ1) is 31.1. The fourth-order valence-electron chi connectivity index (χ4n) is 5.33. The number of benzene rings is 1. The molecule has 1 aromatic rings. The standard InChI is InChI=1S/C29H29NO10S3/c1-28(2)22-17(15-12-14(36-3)10-11-16(15)30(28)23(31)13-8-9-13)29(18(24(32)37-4)19(41-22)25(33)38-5)42-20(26(34)39-6)21(43-29)27(35)40-7/h10-13H,8-9H2,1-7H3. The van der Waals surface area contributed by atoms with E-state index in [1.54, 1.807) is 23.1 Å². The molecule has 0 N–H and O–H groups in total. The second kappa shape index (κ2) is 11.3. The molecule has 4 aliphatic rings. The topological polar surface area (TPSA) is 135 Å². The van der Waals surface area contributed by atoms with Crippen LogP contribution in [0.1, 0.15) is 32.3 Å². The fraction of sp³-hybridized carbons (Fsp3) is 0.414. The molecule has 0 saturated heterocycles. The maximum absolute atomic E-state index is 13.9. The number of hydrogen-bond acceptors (Lipinski definition) is 13. The number of hydrogen-bond donors (Lipinski definition) is 0. The minimum atomic E-state index is -1.64. The van der Waals surface area contributed by atoms with Crippen molar-refractivity contribution in [2.24, 2.45) is 5.92 Å². The van der Waals surface area contributed by atoms with Gasteiger partial charge in [0.15, 0.2) is 0 Å². The van der Waals surface area contributed by atoms with Gasteiger partial charge in [0.25, 0.3) is 0 Å². The Kier molecular flexibility index (Phi) is 8.16. The maximum atomic E-state index is 13.9. The highest BCUT2D eigenvalue weighted by Crippen LogP contribution is 2.71. The first-order chi connectivity index (χ1) is 20.4. The summed E-state index contributed by atoms with van der Waals surface area (Å²) in [5.41, 5.74) is 0.401. The zero-order chi connectivity index (χ0) is 31.4. The van der Waals surface area contributed by atoms with E-state index < -0.39 is 33.5 Å². The Hall–Kier alpha value is -3.36. The molecule has 0 radical (unpaired) electrons. The lowest BCUT2D eigenvalue weighted by Crippen LogP contribution is -2.54. The molecular formula is C29H29NO10S3. The molecule has 1 aliphatic carbocycles. The van der Waals surface area contributed by atoms with Crippen molar-refractivity contribution in [1.82, 2.24) is 0 Å². The van der Waals surface area contributed by atoms with Crippen LogP contribution < -0.4 is 9.64 Å². The number of nitrogens with zero attached hydrogens (tertiary/aromatic N) is 1. The highest BCUT2D eigenvalue weighted by atomic mass is 32.2. The monoisotopic (exact) mass is 647 g/mol. The minimum absolute atomic E-state index is 0.0738. The normalized spacial score (nSPS) is 19.9. The van der Waals surface area contributed by atoms with Crippen LogP contribution in [0.3, 0.4) is 0 Å². The summed E-state index contributed by atoms with van der Waals surface area (Å²) in [5.74, 6) is -3.10. The molecule has 1 aromatic carbocycles. The molecule has 0 atom stereocenters. The highest BCUT2D eigenvalue weighted by molar-refractivity contribution is 8.26. The van der Waals surface area contributed by atoms with Crippen LogP contribution in [0.4, 0.5) is 5.69 Å². The van der Waals surface area contributed by atoms with Crippen molar-refractivity contribution in [3.05, 3.63) is 49.0 Å². The van der Waals surface area contributed by atoms with Crippen LogP contribution in [0.2, 0.25) is 0 Å². The molecule has 5 rings (SSSR count). The van der Waals surface area contributed by atoms with E-state index >= 15 is 0 Å². The number of amides is 1. The van der Waals surface area contributed by atoms with Crippen LogP contribution >= 0.6 is 35.3 Å². The van der Waals surface area contributed by atoms with E-state index in [1.165, 1.54) is 35.5 Å². The SMILES string of the molecule is COC(=O)C1=C(C(=O)OC)SC2(S1)C(C(=O)OC)=C(C(=O)OC)SC1=C2c2cc(OC)ccc2N(C(=O)C2CC2)C1(C)C. The van der Waals surface area contributed by atoms with Crippen LogP contribution in [0, 0.1) is 5.92 Å². The lowest BCUT2D eigenvalue weighted by Gasteiger charge is -2.50. The number of carbonyl (C=O) groups is 5. The van der Waals surface area contributed by atoms with Gasteiger partial charge in [-0.3, -0.25) is 4.79 Å². The maximum Gasteiger partial charge on any atom is 0.345 e. The Morgan fingerprint density at radius 2 is 1.33 bits per heavy atom. The van der Waals surface area contributed by atoms with E-state index in [1.807, 2.05) is 13.8 Å². The number of ether oxygens (including phenoxy) is 5. The van der Waals surface area contributed by atoms with Gasteiger partial charge in [-0.05, 0) is 44.9 Å². The van der Waals surface area contributed by atoms with Gasteiger partial charge >= 0.3 is 23.9 Å². The zero-order valence-electron chi connectivity index (χ0n) is 24.5. The van der Waals surface area contributed by atoms with E-state index in [0.717, 1.165) is 48.1 Å². The predicted octanol–water partition coefficient (Wildman–Crippen LogP) is 4.02. The van der Waals surface area contributed by atoms with E-state index in [0.29, 0.717) is 27.5 Å². The molecule has 1 fully saturated rings. The second-order valence-corrected chi connectivity index (χ2v) is 14.1. The fourth-order valence-corrected chi connectivity index (χ4v) is 10.4. The molecule has 0 aromatic heterocycles. The number of esters is 4. The summed E-state index contributed by atoms with van der Waals surface area (Å²) >= 11 is 2.76. The smallest absolute Gasteiger partial charge is 0.345 e. The van der Waals surface area contributed by atoms with Crippen molar-refractivity contribution in [3.8, 4) is 5.75 Å². The van der Waals surface area contributed by atoms with Crippen LogP contribution in [-0.2, 0) is 42.9 Å². The third kappa shape index (κ3) is 4.74. The molecule has 14 heteroatoms. The van der Waals surface area contributed by atoms with Gasteiger partial charge in [-0.2, -0.15) is 0 Å². The van der Waals surface area contributed by atoms with Gasteiger partial charge in [0.05, 0.1) is 52.3 Å². The van der Waals surface area contributed by atoms with Crippen molar-refractivity contribution < 1.29 is 47.7 Å². The van der Waals surface area contributed by atoms with E-state index in [4.69, 9.17) is 23.7 Å². The van der Waals surface area contributed by atoms with Gasteiger partial charge in [-0.1, -0.05) is 35.3 Å². The largest absolute Gasteiger partial charge is 0.497 e. The van der Waals surface area contributed by atoms with Crippen molar-refractivity contribution in [3.63, 3.8) is 0 Å². The molecular weight excluding hydrogens is 619 g/mol. The second-order valence-electron chi connectivity index (χ2n) is 10.3. The van der Waals surface area contributed by atoms with Gasteiger partial charge in [-0.15, -0.1) is 0 Å². The molecule has 43 heavy (non-hydrogen) atoms. The number of fused-ring (bicyclic) bond motifs is 3. The van der Waals surface area contributed by atoms with Gasteiger partial charge in [0, 0.05) is 22.0 Å². The minimum Gasteiger partial charge on any atom is -0.497 e. The molecule has 1 amide bonds. The molecule has 3 aliphatic heterocycles. The van der Waals surface area contributed by atoms with Gasteiger partial charge in [0.1, 0.15) is 24.5 Å². The Balaban J connectivity index is 1.90. The summed E-state index contributed by atoms with van der Waals surface area (Å²) < 4.78 is 24.3. The molecule has 228 valence electrons. The third-order valence-electron chi connectivity index (χ3n) is 7.49. The molecule has 1 saturated carbocycles. The van der Waals surface area contributed by atoms with E-state index in [2.05, 4.69) is 0 Å². The molecule has 11 nitrogen and oxygen atoms in total. The Bertz CT molecular complexity index is 1540. The summed E-state index contributed by atoms with van der Waals surface area (Å²) in [6.07, 6.45) is 1.53. The lowest BCUT2D eigenvalue weighted by atomic mass is 9.83. The highest BCUT2D eigenvalue weighted by Gasteiger charge is 2.62. The number of anilines is 1. The number of thioether (sulfide) groups is 3. The molecule has 1 spiro atoms. The quantitative estimate of drug-likeness (QED) is 0.325. The average molecular weight is 648 g/mol. The van der Waals surface area contributed by atoms with Crippen molar-refractivity contribution in [2.45, 2.75) is 36.3 Å². The number of carbonyl (C=O) groups excluding carboxylic acids is 5. The average Bonchev–Trinajstić information content (AvgIpc) is 3.79. The van der Waals surface area contributed by atoms with Crippen molar-refractivity contribution in [2.75, 3.05) is 40.4 Å². The van der Waals surface area contributed by atoms with Gasteiger partial charge in [0.2, 0.25) is 5.91 Å². The Labute approximate surface area is 260 Å². The molecule has 3 heterocycles. The summed E-state index contributed by atoms with van der Waals surface area (Å²) in [6, 6.07) is 5.25. The van der Waals surface area contributed by atoms with Gasteiger partial charge in [-0.25, -0.2) is 19.2 Å². The summed E-state index contributed by atoms with van der Waals surface area (Å²) in [7, 11) is 6.20. The lowest BCUT2D eigenvalue weighted by molar-refractivity contribution is -0.138. The van der Waals surface area contributed by atoms with Crippen LogP contribution in [-0.4, -0.2) is 75.0 Å². The molecule has 0 bridgehead atoms. The van der Waals surface area contributed by atoms with E-state index in [9.17, 15) is 24.0 Å². The van der Waals surface area contributed by atoms with Crippen LogP contribution in [0.15, 0.2) is 43.4 Å². The molecule has 0 unspecified atom stereocenters. The first-order valence-corrected chi connectivity index (χ1v) is 15.5. The zero-order valence-corrected chi connectivity index (χ0v) is 26.9. The Morgan fingerprint density at radius 3 is 1.81 bits per heavy atom. The third-order valence-corrected chi connectivity index (χ3v) is 12.1. The Morgan fingerprint density at radius 1 is 0.791 bits per heavy atom. The van der Waals surface area contributed by atoms with Crippen molar-refractivity contribution >= 4 is 76.3 Å². The van der Waals surface area contributed by atoms with Gasteiger partial charge < -0.3 is 28.6 Å². The van der Waals surface area contributed by atoms with E-state index in [-0.39, 0.29) is 32.1 Å².